The van der Waals surface area contributed by atoms with Crippen molar-refractivity contribution >= 4 is 6.21 Å². The van der Waals surface area contributed by atoms with E-state index in [2.05, 4.69) is 17.0 Å². The van der Waals surface area contributed by atoms with Gasteiger partial charge in [-0.3, -0.25) is 5.01 Å². The van der Waals surface area contributed by atoms with E-state index in [-0.39, 0.29) is 6.54 Å². The van der Waals surface area contributed by atoms with Gasteiger partial charge in [0.05, 0.1) is 6.54 Å². The Hall–Kier alpha value is -0.910. The molecule has 13 heavy (non-hydrogen) atoms. The molecule has 0 unspecified atom stereocenters. The first kappa shape index (κ1) is 12.1. The van der Waals surface area contributed by atoms with Crippen LogP contribution in [0.3, 0.4) is 0 Å². The fourth-order valence-corrected chi connectivity index (χ4v) is 0.818. The molecule has 0 rings (SSSR count). The molecular formula is C8H17N3O2. The molecule has 0 radical (unpaired) electrons. The molecule has 5 nitrogen and oxygen atoms in total. The molecule has 0 spiro atoms. The zero-order valence-electron chi connectivity index (χ0n) is 8.28. The van der Waals surface area contributed by atoms with E-state index in [9.17, 15) is 0 Å². The van der Waals surface area contributed by atoms with Gasteiger partial charge in [-0.05, 0) is 13.8 Å². The lowest BCUT2D eigenvalue weighted by Gasteiger charge is -2.28. The molecule has 0 atom stereocenters. The van der Waals surface area contributed by atoms with E-state index < -0.39 is 5.79 Å². The van der Waals surface area contributed by atoms with Crippen LogP contribution in [-0.4, -0.2) is 40.8 Å². The van der Waals surface area contributed by atoms with Crippen LogP contribution in [-0.2, 0) is 0 Å². The van der Waals surface area contributed by atoms with Crippen molar-refractivity contribution in [3.8, 4) is 0 Å². The van der Waals surface area contributed by atoms with E-state index in [1.807, 2.05) is 0 Å². The number of hydrogen-bond acceptors (Lipinski definition) is 5. The Morgan fingerprint density at radius 1 is 1.69 bits per heavy atom. The van der Waals surface area contributed by atoms with Gasteiger partial charge in [0.25, 0.3) is 0 Å². The maximum atomic E-state index is 9.12. The molecule has 0 aromatic rings. The van der Waals surface area contributed by atoms with Gasteiger partial charge in [-0.25, -0.2) is 10.4 Å². The van der Waals surface area contributed by atoms with E-state index in [4.69, 9.17) is 10.2 Å². The van der Waals surface area contributed by atoms with Crippen molar-refractivity contribution in [1.29, 1.82) is 0 Å². The van der Waals surface area contributed by atoms with Gasteiger partial charge in [0.2, 0.25) is 0 Å². The largest absolute Gasteiger partial charge is 0.364 e. The Kier molecular flexibility index (Phi) is 4.61. The first-order chi connectivity index (χ1) is 5.90. The average molecular weight is 187 g/mol. The molecule has 0 aromatic heterocycles. The zero-order valence-corrected chi connectivity index (χ0v) is 8.28. The van der Waals surface area contributed by atoms with Gasteiger partial charge in [-0.2, -0.15) is 0 Å². The summed E-state index contributed by atoms with van der Waals surface area (Å²) in [6.07, 6.45) is 1.58. The van der Waals surface area contributed by atoms with E-state index in [1.165, 1.54) is 11.9 Å². The van der Waals surface area contributed by atoms with Crippen molar-refractivity contribution in [1.82, 2.24) is 10.4 Å². The van der Waals surface area contributed by atoms with Crippen LogP contribution in [0.2, 0.25) is 0 Å². The van der Waals surface area contributed by atoms with Crippen LogP contribution >= 0.6 is 0 Å². The molecule has 0 aliphatic heterocycles. The summed E-state index contributed by atoms with van der Waals surface area (Å²) in [4.78, 5) is 3.90. The maximum absolute atomic E-state index is 9.12. The number of nitrogens with one attached hydrogen (secondary N) is 1. The van der Waals surface area contributed by atoms with Gasteiger partial charge >= 0.3 is 0 Å². The van der Waals surface area contributed by atoms with Gasteiger partial charge in [-0.1, -0.05) is 6.58 Å². The summed E-state index contributed by atoms with van der Waals surface area (Å²) < 4.78 is 0. The molecule has 5 heteroatoms. The highest BCUT2D eigenvalue weighted by Gasteiger charge is 2.20. The van der Waals surface area contributed by atoms with Crippen LogP contribution < -0.4 is 5.43 Å². The Balaban J connectivity index is 4.27. The summed E-state index contributed by atoms with van der Waals surface area (Å²) in [6, 6.07) is 0. The molecule has 0 saturated heterocycles. The minimum absolute atomic E-state index is 0.000324. The molecule has 76 valence electrons. The van der Waals surface area contributed by atoms with Crippen molar-refractivity contribution in [2.75, 3.05) is 13.6 Å². The molecular weight excluding hydrogens is 170 g/mol. The zero-order chi connectivity index (χ0) is 10.5. The van der Waals surface area contributed by atoms with Gasteiger partial charge in [0.15, 0.2) is 5.79 Å². The summed E-state index contributed by atoms with van der Waals surface area (Å²) in [5, 5.41) is 19.7. The van der Waals surface area contributed by atoms with Crippen LogP contribution in [0.25, 0.3) is 0 Å². The average Bonchev–Trinajstić information content (AvgIpc) is 1.99. The van der Waals surface area contributed by atoms with Gasteiger partial charge in [0, 0.05) is 13.3 Å². The molecule has 0 bridgehead atoms. The highest BCUT2D eigenvalue weighted by atomic mass is 16.5. The van der Waals surface area contributed by atoms with Crippen LogP contribution in [0.4, 0.5) is 0 Å². The van der Waals surface area contributed by atoms with Crippen LogP contribution in [0.5, 0.6) is 0 Å². The van der Waals surface area contributed by atoms with Gasteiger partial charge in [-0.15, -0.1) is 0 Å². The van der Waals surface area contributed by atoms with Gasteiger partial charge in [0.1, 0.15) is 5.82 Å². The second-order valence-electron chi connectivity index (χ2n) is 2.83. The molecule has 0 amide bonds. The fourth-order valence-electron chi connectivity index (χ4n) is 0.818. The molecule has 0 saturated carbocycles. The normalized spacial score (nSPS) is 12.1. The summed E-state index contributed by atoms with van der Waals surface area (Å²) in [5.74, 6) is -1.34. The topological polar surface area (TPSA) is 68.1 Å². The highest BCUT2D eigenvalue weighted by molar-refractivity contribution is 5.54. The second-order valence-corrected chi connectivity index (χ2v) is 2.83. The summed E-state index contributed by atoms with van der Waals surface area (Å²) in [7, 11) is 1.65. The van der Waals surface area contributed by atoms with Crippen molar-refractivity contribution in [2.24, 2.45) is 4.99 Å². The Bertz CT molecular complexity index is 196. The fraction of sp³-hybridized carbons (Fsp3) is 0.625. The standard InChI is InChI=1S/C8H17N3O2/c1-5-10-7(2)11(9-4)6-8(3,12)13/h5,9,12-13H,2,6H2,1,3-4H3/b10-5-. The lowest BCUT2D eigenvalue weighted by molar-refractivity contribution is -0.159. The number of hydrogen-bond donors (Lipinski definition) is 3. The van der Waals surface area contributed by atoms with Crippen LogP contribution in [0.1, 0.15) is 13.8 Å². The van der Waals surface area contributed by atoms with Crippen molar-refractivity contribution in [2.45, 2.75) is 19.6 Å². The first-order valence-electron chi connectivity index (χ1n) is 3.98. The molecule has 3 N–H and O–H groups in total. The van der Waals surface area contributed by atoms with E-state index in [1.54, 1.807) is 20.2 Å². The number of nitrogens with zero attached hydrogens (tertiary/aromatic N) is 2. The monoisotopic (exact) mass is 187 g/mol. The highest BCUT2D eigenvalue weighted by Crippen LogP contribution is 2.05. The summed E-state index contributed by atoms with van der Waals surface area (Å²) in [6.45, 7) is 6.69. The van der Waals surface area contributed by atoms with Crippen molar-refractivity contribution in [3.63, 3.8) is 0 Å². The van der Waals surface area contributed by atoms with E-state index in [0.717, 1.165) is 0 Å². The Morgan fingerprint density at radius 2 is 2.23 bits per heavy atom. The molecule has 0 heterocycles. The van der Waals surface area contributed by atoms with E-state index in [0.29, 0.717) is 5.82 Å². The summed E-state index contributed by atoms with van der Waals surface area (Å²) in [5.41, 5.74) is 2.74. The quantitative estimate of drug-likeness (QED) is 0.313. The molecule has 0 fully saturated rings. The predicted molar refractivity (Wildman–Crippen MR) is 51.9 cm³/mol. The smallest absolute Gasteiger partial charge is 0.179 e. The predicted octanol–water partition coefficient (Wildman–Crippen LogP) is -0.315. The van der Waals surface area contributed by atoms with Crippen molar-refractivity contribution in [3.05, 3.63) is 12.4 Å². The first-order valence-corrected chi connectivity index (χ1v) is 3.98. The Morgan fingerprint density at radius 3 is 2.54 bits per heavy atom. The molecule has 0 aromatic carbocycles. The van der Waals surface area contributed by atoms with E-state index >= 15 is 0 Å². The SMILES string of the molecule is C=C(/N=C\C)N(CC(C)(O)O)NC. The number of hydrazine groups is 1. The second kappa shape index (κ2) is 4.96. The minimum Gasteiger partial charge on any atom is -0.364 e. The third-order valence-corrected chi connectivity index (χ3v) is 1.32. The number of aliphatic hydroxyl groups is 2. The number of aliphatic imine (C=N–C) groups is 1. The number of rotatable bonds is 5. The maximum Gasteiger partial charge on any atom is 0.179 e. The van der Waals surface area contributed by atoms with Crippen LogP contribution in [0, 0.1) is 0 Å². The summed E-state index contributed by atoms with van der Waals surface area (Å²) >= 11 is 0. The molecule has 0 aliphatic carbocycles. The lowest BCUT2D eigenvalue weighted by atomic mass is 10.3. The van der Waals surface area contributed by atoms with Gasteiger partial charge < -0.3 is 10.2 Å². The lowest BCUT2D eigenvalue weighted by Crippen LogP contribution is -2.45. The third kappa shape index (κ3) is 5.35. The minimum atomic E-state index is -1.77. The third-order valence-electron chi connectivity index (χ3n) is 1.32. The Labute approximate surface area is 78.4 Å². The van der Waals surface area contributed by atoms with Crippen molar-refractivity contribution < 1.29 is 10.2 Å². The van der Waals surface area contributed by atoms with Crippen LogP contribution in [0.15, 0.2) is 17.4 Å². The molecule has 0 aliphatic rings.